The SMILES string of the molecule is COc1cc(C)c([C@@H](C)C(=O)O)c(-c2ccc3c(c2)CN(C(=O)c2cc(C)ccc2F)CC3)n1. The average Bonchev–Trinajstić information content (AvgIpc) is 2.83. The topological polar surface area (TPSA) is 79.7 Å². The molecule has 176 valence electrons. The van der Waals surface area contributed by atoms with Crippen LogP contribution in [0.3, 0.4) is 0 Å². The number of carbonyl (C=O) groups is 2. The van der Waals surface area contributed by atoms with Gasteiger partial charge in [-0.1, -0.05) is 23.8 Å². The molecule has 2 aromatic carbocycles. The molecule has 1 aliphatic rings. The molecule has 34 heavy (non-hydrogen) atoms. The van der Waals surface area contributed by atoms with Crippen molar-refractivity contribution < 1.29 is 23.8 Å². The lowest BCUT2D eigenvalue weighted by molar-refractivity contribution is -0.138. The first-order valence-electron chi connectivity index (χ1n) is 11.2. The van der Waals surface area contributed by atoms with E-state index in [-0.39, 0.29) is 11.5 Å². The molecule has 1 amide bonds. The summed E-state index contributed by atoms with van der Waals surface area (Å²) in [6.45, 7) is 6.14. The van der Waals surface area contributed by atoms with Crippen molar-refractivity contribution in [3.05, 3.63) is 81.7 Å². The van der Waals surface area contributed by atoms with Crippen molar-refractivity contribution in [1.29, 1.82) is 0 Å². The van der Waals surface area contributed by atoms with Crippen molar-refractivity contribution in [3.63, 3.8) is 0 Å². The van der Waals surface area contributed by atoms with Gasteiger partial charge in [-0.2, -0.15) is 0 Å². The lowest BCUT2D eigenvalue weighted by Crippen LogP contribution is -2.36. The second-order valence-electron chi connectivity index (χ2n) is 8.75. The van der Waals surface area contributed by atoms with Gasteiger partial charge in [0, 0.05) is 24.7 Å². The van der Waals surface area contributed by atoms with Gasteiger partial charge in [-0.3, -0.25) is 9.59 Å². The molecule has 0 bridgehead atoms. The lowest BCUT2D eigenvalue weighted by Gasteiger charge is -2.29. The molecule has 0 unspecified atom stereocenters. The summed E-state index contributed by atoms with van der Waals surface area (Å²) in [5.74, 6) is -2.16. The molecule has 1 aliphatic heterocycles. The number of halogens is 1. The Kier molecular flexibility index (Phi) is 6.37. The first-order chi connectivity index (χ1) is 16.2. The number of aromatic nitrogens is 1. The molecule has 1 atom stereocenters. The predicted octanol–water partition coefficient (Wildman–Crippen LogP) is 4.90. The van der Waals surface area contributed by atoms with Crippen LogP contribution >= 0.6 is 0 Å². The van der Waals surface area contributed by atoms with E-state index >= 15 is 0 Å². The summed E-state index contributed by atoms with van der Waals surface area (Å²) in [6.07, 6.45) is 0.651. The fourth-order valence-electron chi connectivity index (χ4n) is 4.50. The van der Waals surface area contributed by atoms with Crippen LogP contribution in [0, 0.1) is 19.7 Å². The van der Waals surface area contributed by atoms with Gasteiger partial charge in [0.25, 0.3) is 5.91 Å². The molecule has 1 N–H and O–H groups in total. The monoisotopic (exact) mass is 462 g/mol. The zero-order valence-electron chi connectivity index (χ0n) is 19.7. The maximum Gasteiger partial charge on any atom is 0.310 e. The minimum atomic E-state index is -0.939. The number of amides is 1. The summed E-state index contributed by atoms with van der Waals surface area (Å²) in [7, 11) is 1.52. The van der Waals surface area contributed by atoms with Crippen LogP contribution < -0.4 is 4.74 Å². The number of hydrogen-bond acceptors (Lipinski definition) is 4. The van der Waals surface area contributed by atoms with E-state index in [1.165, 1.54) is 13.2 Å². The van der Waals surface area contributed by atoms with Crippen LogP contribution in [0.5, 0.6) is 5.88 Å². The lowest BCUT2D eigenvalue weighted by atomic mass is 9.89. The van der Waals surface area contributed by atoms with Gasteiger partial charge in [0.1, 0.15) is 5.82 Å². The Bertz CT molecular complexity index is 1290. The van der Waals surface area contributed by atoms with Gasteiger partial charge in [-0.05, 0) is 67.6 Å². The van der Waals surface area contributed by atoms with E-state index in [0.717, 1.165) is 27.8 Å². The number of carboxylic acid groups (broad SMARTS) is 1. The van der Waals surface area contributed by atoms with Crippen LogP contribution in [0.1, 0.15) is 51.0 Å². The molecule has 7 heteroatoms. The number of aryl methyl sites for hydroxylation is 2. The number of aliphatic carboxylic acids is 1. The Morgan fingerprint density at radius 1 is 1.12 bits per heavy atom. The Labute approximate surface area is 198 Å². The summed E-state index contributed by atoms with van der Waals surface area (Å²) in [5, 5.41) is 9.66. The van der Waals surface area contributed by atoms with Gasteiger partial charge in [0.2, 0.25) is 5.88 Å². The van der Waals surface area contributed by atoms with E-state index in [2.05, 4.69) is 4.98 Å². The second-order valence-corrected chi connectivity index (χ2v) is 8.75. The van der Waals surface area contributed by atoms with Crippen molar-refractivity contribution in [2.75, 3.05) is 13.7 Å². The summed E-state index contributed by atoms with van der Waals surface area (Å²) in [4.78, 5) is 31.1. The minimum Gasteiger partial charge on any atom is -0.481 e. The van der Waals surface area contributed by atoms with E-state index in [1.54, 1.807) is 30.0 Å². The molecule has 3 aromatic rings. The smallest absolute Gasteiger partial charge is 0.310 e. The van der Waals surface area contributed by atoms with Gasteiger partial charge in [-0.25, -0.2) is 9.37 Å². The zero-order chi connectivity index (χ0) is 24.6. The van der Waals surface area contributed by atoms with Gasteiger partial charge in [0.15, 0.2) is 0 Å². The third kappa shape index (κ3) is 4.38. The van der Waals surface area contributed by atoms with Crippen LogP contribution in [-0.4, -0.2) is 40.5 Å². The number of nitrogens with zero attached hydrogens (tertiary/aromatic N) is 2. The molecule has 6 nitrogen and oxygen atoms in total. The van der Waals surface area contributed by atoms with Crippen molar-refractivity contribution in [1.82, 2.24) is 9.88 Å². The predicted molar refractivity (Wildman–Crippen MR) is 127 cm³/mol. The van der Waals surface area contributed by atoms with Crippen molar-refractivity contribution in [2.24, 2.45) is 0 Å². The fourth-order valence-corrected chi connectivity index (χ4v) is 4.50. The number of pyridine rings is 1. The summed E-state index contributed by atoms with van der Waals surface area (Å²) < 4.78 is 19.7. The molecule has 4 rings (SSSR count). The molecular formula is C27H27FN2O4. The van der Waals surface area contributed by atoms with E-state index in [9.17, 15) is 19.1 Å². The Morgan fingerprint density at radius 3 is 2.59 bits per heavy atom. The van der Waals surface area contributed by atoms with Crippen molar-refractivity contribution >= 4 is 11.9 Å². The summed E-state index contributed by atoms with van der Waals surface area (Å²) >= 11 is 0. The maximum atomic E-state index is 14.3. The van der Waals surface area contributed by atoms with E-state index in [1.807, 2.05) is 32.0 Å². The van der Waals surface area contributed by atoms with Gasteiger partial charge in [0.05, 0.1) is 24.3 Å². The standard InChI is InChI=1S/C27H27FN2O4/c1-15-5-8-22(28)21(11-15)26(31)30-10-9-18-6-7-19(13-20(18)14-30)25-24(17(3)27(32)33)16(2)12-23(29-25)34-4/h5-8,11-13,17H,9-10,14H2,1-4H3,(H,32,33)/t17-/m1/s1. The first kappa shape index (κ1) is 23.4. The number of ether oxygens (including phenoxy) is 1. The number of rotatable bonds is 5. The largest absolute Gasteiger partial charge is 0.481 e. The third-order valence-corrected chi connectivity index (χ3v) is 6.39. The van der Waals surface area contributed by atoms with Crippen LogP contribution in [0.15, 0.2) is 42.5 Å². The third-order valence-electron chi connectivity index (χ3n) is 6.39. The van der Waals surface area contributed by atoms with Crippen LogP contribution in [-0.2, 0) is 17.8 Å². The second kappa shape index (κ2) is 9.25. The quantitative estimate of drug-likeness (QED) is 0.583. The van der Waals surface area contributed by atoms with Crippen LogP contribution in [0.25, 0.3) is 11.3 Å². The highest BCUT2D eigenvalue weighted by Gasteiger charge is 2.26. The van der Waals surface area contributed by atoms with Crippen LogP contribution in [0.2, 0.25) is 0 Å². The summed E-state index contributed by atoms with van der Waals surface area (Å²) in [6, 6.07) is 12.1. The van der Waals surface area contributed by atoms with Gasteiger partial charge in [-0.15, -0.1) is 0 Å². The molecule has 0 radical (unpaired) electrons. The highest BCUT2D eigenvalue weighted by atomic mass is 19.1. The number of hydrogen-bond donors (Lipinski definition) is 1. The van der Waals surface area contributed by atoms with Crippen molar-refractivity contribution in [3.8, 4) is 17.1 Å². The van der Waals surface area contributed by atoms with E-state index < -0.39 is 17.7 Å². The highest BCUT2D eigenvalue weighted by molar-refractivity contribution is 5.95. The molecule has 0 aliphatic carbocycles. The number of carboxylic acids is 1. The number of carbonyl (C=O) groups excluding carboxylic acids is 1. The van der Waals surface area contributed by atoms with Gasteiger partial charge < -0.3 is 14.7 Å². The van der Waals surface area contributed by atoms with Gasteiger partial charge >= 0.3 is 5.97 Å². The normalized spacial score (nSPS) is 13.9. The molecule has 2 heterocycles. The first-order valence-corrected chi connectivity index (χ1v) is 11.2. The average molecular weight is 463 g/mol. The maximum absolute atomic E-state index is 14.3. The minimum absolute atomic E-state index is 0.0715. The molecular weight excluding hydrogens is 435 g/mol. The Hall–Kier alpha value is -3.74. The number of benzene rings is 2. The molecule has 0 fully saturated rings. The number of fused-ring (bicyclic) bond motifs is 1. The highest BCUT2D eigenvalue weighted by Crippen LogP contribution is 2.35. The fraction of sp³-hybridized carbons (Fsp3) is 0.296. The Balaban J connectivity index is 1.73. The molecule has 0 spiro atoms. The number of methoxy groups -OCH3 is 1. The molecule has 0 saturated carbocycles. The van der Waals surface area contributed by atoms with Crippen molar-refractivity contribution in [2.45, 2.75) is 39.7 Å². The van der Waals surface area contributed by atoms with Crippen LogP contribution in [0.4, 0.5) is 4.39 Å². The molecule has 0 saturated heterocycles. The summed E-state index contributed by atoms with van der Waals surface area (Å²) in [5.41, 5.74) is 5.63. The van der Waals surface area contributed by atoms with E-state index in [4.69, 9.17) is 4.74 Å². The van der Waals surface area contributed by atoms with E-state index in [0.29, 0.717) is 36.6 Å². The zero-order valence-corrected chi connectivity index (χ0v) is 19.7. The molecule has 1 aromatic heterocycles. The Morgan fingerprint density at radius 2 is 1.88 bits per heavy atom.